The zero-order valence-electron chi connectivity index (χ0n) is 16.5. The number of ketones is 1. The lowest BCUT2D eigenvalue weighted by Gasteiger charge is -2.28. The molecule has 1 fully saturated rings. The summed E-state index contributed by atoms with van der Waals surface area (Å²) in [5.74, 6) is 0.984. The Hall–Kier alpha value is -3.02. The fourth-order valence-corrected chi connectivity index (χ4v) is 3.72. The predicted molar refractivity (Wildman–Crippen MR) is 112 cm³/mol. The van der Waals surface area contributed by atoms with Gasteiger partial charge in [-0.1, -0.05) is 0 Å². The number of nitrogens with zero attached hydrogens (tertiary/aromatic N) is 1. The molecular formula is C23H26N2O4. The number of carbonyl (C=O) groups is 2. The highest BCUT2D eigenvalue weighted by atomic mass is 16.6. The van der Waals surface area contributed by atoms with Gasteiger partial charge in [0.15, 0.2) is 17.3 Å². The molecular weight excluding hydrogens is 368 g/mol. The Morgan fingerprint density at radius 3 is 2.34 bits per heavy atom. The van der Waals surface area contributed by atoms with Crippen LogP contribution in [0.15, 0.2) is 42.5 Å². The van der Waals surface area contributed by atoms with Crippen molar-refractivity contribution in [2.75, 3.05) is 36.5 Å². The number of nitrogens with one attached hydrogen (secondary N) is 1. The second-order valence-electron chi connectivity index (χ2n) is 7.42. The van der Waals surface area contributed by atoms with E-state index in [1.165, 1.54) is 24.9 Å². The molecule has 29 heavy (non-hydrogen) atoms. The monoisotopic (exact) mass is 394 g/mol. The number of fused-ring (bicyclic) bond motifs is 1. The normalized spacial score (nSPS) is 15.7. The van der Waals surface area contributed by atoms with Crippen LogP contribution < -0.4 is 19.7 Å². The van der Waals surface area contributed by atoms with Crippen LogP contribution in [0.1, 0.15) is 42.5 Å². The number of carbonyl (C=O) groups excluding carboxylic acids is 2. The largest absolute Gasteiger partial charge is 0.486 e. The van der Waals surface area contributed by atoms with Crippen molar-refractivity contribution in [1.82, 2.24) is 0 Å². The maximum atomic E-state index is 12.4. The van der Waals surface area contributed by atoms with Crippen LogP contribution in [-0.4, -0.2) is 38.0 Å². The number of piperidine rings is 1. The zero-order chi connectivity index (χ0) is 20.1. The minimum Gasteiger partial charge on any atom is -0.486 e. The van der Waals surface area contributed by atoms with Gasteiger partial charge in [0.05, 0.1) is 0 Å². The van der Waals surface area contributed by atoms with E-state index in [4.69, 9.17) is 9.47 Å². The van der Waals surface area contributed by atoms with E-state index < -0.39 is 0 Å². The lowest BCUT2D eigenvalue weighted by molar-refractivity contribution is -0.116. The lowest BCUT2D eigenvalue weighted by Crippen LogP contribution is -2.29. The molecule has 2 aromatic carbocycles. The van der Waals surface area contributed by atoms with E-state index in [2.05, 4.69) is 10.2 Å². The topological polar surface area (TPSA) is 67.9 Å². The third kappa shape index (κ3) is 4.88. The minimum absolute atomic E-state index is 0.0856. The third-order valence-corrected chi connectivity index (χ3v) is 5.32. The number of amides is 1. The fraction of sp³-hybridized carbons (Fsp3) is 0.391. The number of hydrogen-bond donors (Lipinski definition) is 1. The molecule has 0 bridgehead atoms. The van der Waals surface area contributed by atoms with Crippen LogP contribution in [0.5, 0.6) is 11.5 Å². The van der Waals surface area contributed by atoms with Crippen molar-refractivity contribution in [3.8, 4) is 11.5 Å². The van der Waals surface area contributed by atoms with Crippen LogP contribution in [-0.2, 0) is 4.79 Å². The molecule has 0 unspecified atom stereocenters. The zero-order valence-corrected chi connectivity index (χ0v) is 16.5. The number of hydrogen-bond acceptors (Lipinski definition) is 5. The molecule has 4 rings (SSSR count). The van der Waals surface area contributed by atoms with E-state index in [0.717, 1.165) is 18.8 Å². The molecule has 0 radical (unpaired) electrons. The lowest BCUT2D eigenvalue weighted by atomic mass is 10.1. The van der Waals surface area contributed by atoms with Gasteiger partial charge in [0, 0.05) is 42.9 Å². The van der Waals surface area contributed by atoms with Crippen molar-refractivity contribution >= 4 is 23.1 Å². The van der Waals surface area contributed by atoms with Crippen molar-refractivity contribution in [2.45, 2.75) is 32.1 Å². The summed E-state index contributed by atoms with van der Waals surface area (Å²) in [7, 11) is 0. The Bertz CT molecular complexity index is 873. The van der Waals surface area contributed by atoms with Crippen molar-refractivity contribution < 1.29 is 19.1 Å². The van der Waals surface area contributed by atoms with Crippen LogP contribution in [0.4, 0.5) is 11.4 Å². The second kappa shape index (κ2) is 8.99. The Morgan fingerprint density at radius 1 is 0.862 bits per heavy atom. The summed E-state index contributed by atoms with van der Waals surface area (Å²) in [5, 5.41) is 2.87. The van der Waals surface area contributed by atoms with Gasteiger partial charge in [0.25, 0.3) is 0 Å². The minimum atomic E-state index is -0.165. The highest BCUT2D eigenvalue weighted by molar-refractivity contribution is 6.00. The van der Waals surface area contributed by atoms with Gasteiger partial charge in [-0.05, 0) is 61.7 Å². The van der Waals surface area contributed by atoms with Crippen molar-refractivity contribution in [1.29, 1.82) is 0 Å². The van der Waals surface area contributed by atoms with Crippen LogP contribution in [0, 0.1) is 0 Å². The van der Waals surface area contributed by atoms with E-state index in [1.54, 1.807) is 18.2 Å². The fourth-order valence-electron chi connectivity index (χ4n) is 3.72. The highest BCUT2D eigenvalue weighted by Gasteiger charge is 2.16. The van der Waals surface area contributed by atoms with Crippen LogP contribution in [0.25, 0.3) is 0 Å². The summed E-state index contributed by atoms with van der Waals surface area (Å²) in [4.78, 5) is 27.1. The maximum Gasteiger partial charge on any atom is 0.224 e. The molecule has 0 spiro atoms. The summed E-state index contributed by atoms with van der Waals surface area (Å²) in [6, 6.07) is 13.1. The first-order valence-electron chi connectivity index (χ1n) is 10.3. The van der Waals surface area contributed by atoms with Crippen LogP contribution in [0.2, 0.25) is 0 Å². The predicted octanol–water partition coefficient (Wildman–Crippen LogP) is 4.05. The van der Waals surface area contributed by atoms with E-state index >= 15 is 0 Å². The summed E-state index contributed by atoms with van der Waals surface area (Å²) in [5.41, 5.74) is 2.48. The quantitative estimate of drug-likeness (QED) is 0.749. The number of anilines is 2. The first-order chi connectivity index (χ1) is 14.2. The highest BCUT2D eigenvalue weighted by Crippen LogP contribution is 2.31. The number of ether oxygens (including phenoxy) is 2. The first-order valence-corrected chi connectivity index (χ1v) is 10.3. The molecule has 2 heterocycles. The average Bonchev–Trinajstić information content (AvgIpc) is 2.78. The Kier molecular flexibility index (Phi) is 5.98. The molecule has 1 N–H and O–H groups in total. The van der Waals surface area contributed by atoms with Crippen molar-refractivity contribution in [2.24, 2.45) is 0 Å². The molecule has 0 saturated carbocycles. The second-order valence-corrected chi connectivity index (χ2v) is 7.42. The van der Waals surface area contributed by atoms with Gasteiger partial charge < -0.3 is 19.7 Å². The Morgan fingerprint density at radius 2 is 1.59 bits per heavy atom. The molecule has 1 saturated heterocycles. The Labute approximate surface area is 170 Å². The van der Waals surface area contributed by atoms with Crippen molar-refractivity contribution in [3.05, 3.63) is 48.0 Å². The molecule has 6 nitrogen and oxygen atoms in total. The van der Waals surface area contributed by atoms with E-state index in [1.807, 2.05) is 24.3 Å². The molecule has 0 aliphatic carbocycles. The van der Waals surface area contributed by atoms with Crippen LogP contribution in [0.3, 0.4) is 0 Å². The van der Waals surface area contributed by atoms with E-state index in [9.17, 15) is 9.59 Å². The standard InChI is InChI=1S/C23H26N2O4/c26-20(17-4-10-21-22(16-17)29-15-14-28-21)9-11-23(27)24-18-5-7-19(8-6-18)25-12-2-1-3-13-25/h4-8,10,16H,1-3,9,11-15H2,(H,24,27). The van der Waals surface area contributed by atoms with Gasteiger partial charge in [-0.15, -0.1) is 0 Å². The number of benzene rings is 2. The maximum absolute atomic E-state index is 12.4. The van der Waals surface area contributed by atoms with Gasteiger partial charge >= 0.3 is 0 Å². The molecule has 1 amide bonds. The third-order valence-electron chi connectivity index (χ3n) is 5.32. The molecule has 152 valence electrons. The Balaban J connectivity index is 1.28. The van der Waals surface area contributed by atoms with E-state index in [-0.39, 0.29) is 24.5 Å². The van der Waals surface area contributed by atoms with Gasteiger partial charge in [-0.25, -0.2) is 0 Å². The van der Waals surface area contributed by atoms with Gasteiger partial charge in [0.1, 0.15) is 13.2 Å². The van der Waals surface area contributed by atoms with Gasteiger partial charge in [-0.3, -0.25) is 9.59 Å². The van der Waals surface area contributed by atoms with E-state index in [0.29, 0.717) is 30.3 Å². The van der Waals surface area contributed by atoms with Crippen molar-refractivity contribution in [3.63, 3.8) is 0 Å². The molecule has 2 aliphatic rings. The first kappa shape index (κ1) is 19.3. The molecule has 0 aromatic heterocycles. The molecule has 2 aromatic rings. The number of Topliss-reactive ketones (excluding diaryl/α,β-unsaturated/α-hetero) is 1. The molecule has 6 heteroatoms. The molecule has 2 aliphatic heterocycles. The average molecular weight is 394 g/mol. The smallest absolute Gasteiger partial charge is 0.224 e. The summed E-state index contributed by atoms with van der Waals surface area (Å²) in [6.45, 7) is 3.17. The van der Waals surface area contributed by atoms with Crippen LogP contribution >= 0.6 is 0 Å². The summed E-state index contributed by atoms with van der Waals surface area (Å²) < 4.78 is 11.0. The summed E-state index contributed by atoms with van der Waals surface area (Å²) in [6.07, 6.45) is 4.06. The van der Waals surface area contributed by atoms with Gasteiger partial charge in [-0.2, -0.15) is 0 Å². The van der Waals surface area contributed by atoms with Gasteiger partial charge in [0.2, 0.25) is 5.91 Å². The number of rotatable bonds is 6. The summed E-state index contributed by atoms with van der Waals surface area (Å²) >= 11 is 0. The molecule has 0 atom stereocenters. The SMILES string of the molecule is O=C(CCC(=O)c1ccc2c(c1)OCCO2)Nc1ccc(N2CCCCC2)cc1.